The molecular weight excluding hydrogens is 320 g/mol. The Bertz CT molecular complexity index is 710. The SMILES string of the molecule is CNC(=O)c1ccc(-c2nc3c(s2)CCN(C2CCC2)CC3)nc1. The molecule has 2 aromatic heterocycles. The van der Waals surface area contributed by atoms with Gasteiger partial charge in [-0.05, 0) is 31.4 Å². The van der Waals surface area contributed by atoms with E-state index in [0.717, 1.165) is 42.7 Å². The first-order chi connectivity index (χ1) is 11.7. The van der Waals surface area contributed by atoms with Gasteiger partial charge in [-0.3, -0.25) is 14.7 Å². The number of carbonyl (C=O) groups excluding carboxylic acids is 1. The van der Waals surface area contributed by atoms with E-state index in [1.807, 2.05) is 12.1 Å². The quantitative estimate of drug-likeness (QED) is 0.931. The molecule has 0 spiro atoms. The number of amides is 1. The van der Waals surface area contributed by atoms with Gasteiger partial charge < -0.3 is 5.32 Å². The van der Waals surface area contributed by atoms with Crippen molar-refractivity contribution in [3.8, 4) is 10.7 Å². The highest BCUT2D eigenvalue weighted by Crippen LogP contribution is 2.32. The van der Waals surface area contributed by atoms with Crippen LogP contribution in [0.2, 0.25) is 0 Å². The summed E-state index contributed by atoms with van der Waals surface area (Å²) in [6.45, 7) is 2.28. The first-order valence-electron chi connectivity index (χ1n) is 8.66. The number of fused-ring (bicyclic) bond motifs is 1. The lowest BCUT2D eigenvalue weighted by Gasteiger charge is -2.36. The van der Waals surface area contributed by atoms with Crippen molar-refractivity contribution < 1.29 is 4.79 Å². The van der Waals surface area contributed by atoms with Crippen LogP contribution < -0.4 is 5.32 Å². The highest BCUT2D eigenvalue weighted by atomic mass is 32.1. The highest BCUT2D eigenvalue weighted by Gasteiger charge is 2.27. The maximum absolute atomic E-state index is 11.6. The van der Waals surface area contributed by atoms with E-state index in [1.165, 1.54) is 29.8 Å². The standard InChI is InChI=1S/C18H22N4OS/c1-19-17(23)12-5-6-15(20-11-12)18-21-14-7-9-22(13-3-2-4-13)10-8-16(14)24-18/h5-6,11,13H,2-4,7-10H2,1H3,(H,19,23). The molecule has 2 aromatic rings. The summed E-state index contributed by atoms with van der Waals surface area (Å²) in [7, 11) is 1.63. The van der Waals surface area contributed by atoms with Crippen LogP contribution in [0.1, 0.15) is 40.2 Å². The van der Waals surface area contributed by atoms with Gasteiger partial charge in [0.05, 0.1) is 17.0 Å². The van der Waals surface area contributed by atoms with Crippen LogP contribution >= 0.6 is 11.3 Å². The average Bonchev–Trinajstić information content (AvgIpc) is 2.89. The Morgan fingerprint density at radius 1 is 1.29 bits per heavy atom. The maximum atomic E-state index is 11.6. The normalized spacial score (nSPS) is 18.5. The summed E-state index contributed by atoms with van der Waals surface area (Å²) >= 11 is 1.76. The Labute approximate surface area is 146 Å². The van der Waals surface area contributed by atoms with E-state index in [-0.39, 0.29) is 5.91 Å². The average molecular weight is 342 g/mol. The van der Waals surface area contributed by atoms with Crippen LogP contribution in [-0.2, 0) is 12.8 Å². The van der Waals surface area contributed by atoms with Crippen molar-refractivity contribution in [2.45, 2.75) is 38.1 Å². The molecule has 0 radical (unpaired) electrons. The first-order valence-corrected chi connectivity index (χ1v) is 9.47. The van der Waals surface area contributed by atoms with E-state index in [2.05, 4.69) is 15.2 Å². The Hall–Kier alpha value is -1.79. The predicted molar refractivity (Wildman–Crippen MR) is 95.4 cm³/mol. The second-order valence-corrected chi connectivity index (χ2v) is 7.60. The summed E-state index contributed by atoms with van der Waals surface area (Å²) in [5.41, 5.74) is 2.68. The zero-order chi connectivity index (χ0) is 16.5. The monoisotopic (exact) mass is 342 g/mol. The van der Waals surface area contributed by atoms with Crippen molar-refractivity contribution in [2.24, 2.45) is 0 Å². The van der Waals surface area contributed by atoms with Gasteiger partial charge in [-0.15, -0.1) is 11.3 Å². The van der Waals surface area contributed by atoms with E-state index in [4.69, 9.17) is 4.98 Å². The molecule has 1 aliphatic carbocycles. The molecule has 1 N–H and O–H groups in total. The molecule has 5 nitrogen and oxygen atoms in total. The highest BCUT2D eigenvalue weighted by molar-refractivity contribution is 7.15. The van der Waals surface area contributed by atoms with Crippen LogP contribution in [0, 0.1) is 0 Å². The minimum Gasteiger partial charge on any atom is -0.355 e. The van der Waals surface area contributed by atoms with Crippen LogP contribution in [0.15, 0.2) is 18.3 Å². The van der Waals surface area contributed by atoms with Crippen LogP contribution in [0.3, 0.4) is 0 Å². The van der Waals surface area contributed by atoms with Crippen LogP contribution in [0.5, 0.6) is 0 Å². The maximum Gasteiger partial charge on any atom is 0.252 e. The summed E-state index contributed by atoms with van der Waals surface area (Å²) in [5.74, 6) is -0.111. The molecule has 1 saturated carbocycles. The van der Waals surface area contributed by atoms with Crippen molar-refractivity contribution in [1.29, 1.82) is 0 Å². The first kappa shape index (κ1) is 15.7. The Morgan fingerprint density at radius 3 is 2.79 bits per heavy atom. The van der Waals surface area contributed by atoms with Gasteiger partial charge in [0.25, 0.3) is 5.91 Å². The number of nitrogens with zero attached hydrogens (tertiary/aromatic N) is 3. The molecule has 0 atom stereocenters. The van der Waals surface area contributed by atoms with Gasteiger partial charge in [0.2, 0.25) is 0 Å². The van der Waals surface area contributed by atoms with Crippen molar-refractivity contribution in [1.82, 2.24) is 20.2 Å². The third-order valence-electron chi connectivity index (χ3n) is 5.10. The molecule has 0 bridgehead atoms. The smallest absolute Gasteiger partial charge is 0.252 e. The Balaban J connectivity index is 1.50. The molecule has 4 rings (SSSR count). The third-order valence-corrected chi connectivity index (χ3v) is 6.28. The molecule has 0 unspecified atom stereocenters. The summed E-state index contributed by atoms with van der Waals surface area (Å²) < 4.78 is 0. The number of aromatic nitrogens is 2. The lowest BCUT2D eigenvalue weighted by Crippen LogP contribution is -2.41. The summed E-state index contributed by atoms with van der Waals surface area (Å²) in [4.78, 5) is 24.9. The molecule has 1 fully saturated rings. The molecule has 0 saturated heterocycles. The fourth-order valence-corrected chi connectivity index (χ4v) is 4.48. The molecule has 6 heteroatoms. The van der Waals surface area contributed by atoms with Crippen molar-refractivity contribution >= 4 is 17.2 Å². The van der Waals surface area contributed by atoms with Crippen molar-refractivity contribution in [3.05, 3.63) is 34.5 Å². The molecular formula is C18H22N4OS. The molecule has 2 aliphatic rings. The van der Waals surface area contributed by atoms with E-state index >= 15 is 0 Å². The van der Waals surface area contributed by atoms with E-state index in [9.17, 15) is 4.79 Å². The van der Waals surface area contributed by atoms with Gasteiger partial charge in [-0.25, -0.2) is 4.98 Å². The van der Waals surface area contributed by atoms with E-state index in [1.54, 1.807) is 24.6 Å². The van der Waals surface area contributed by atoms with Crippen molar-refractivity contribution in [3.63, 3.8) is 0 Å². The number of hydrogen-bond donors (Lipinski definition) is 1. The number of carbonyl (C=O) groups is 1. The number of rotatable bonds is 3. The lowest BCUT2D eigenvalue weighted by atomic mass is 9.91. The van der Waals surface area contributed by atoms with Crippen molar-refractivity contribution in [2.75, 3.05) is 20.1 Å². The van der Waals surface area contributed by atoms with E-state index < -0.39 is 0 Å². The minimum absolute atomic E-state index is 0.111. The summed E-state index contributed by atoms with van der Waals surface area (Å²) in [6, 6.07) is 4.52. The number of pyridine rings is 1. The zero-order valence-electron chi connectivity index (χ0n) is 13.9. The predicted octanol–water partition coefficient (Wildman–Crippen LogP) is 2.52. The summed E-state index contributed by atoms with van der Waals surface area (Å²) in [6.07, 6.45) is 7.89. The van der Waals surface area contributed by atoms with E-state index in [0.29, 0.717) is 5.56 Å². The van der Waals surface area contributed by atoms with Gasteiger partial charge in [0, 0.05) is 43.7 Å². The summed E-state index contributed by atoms with van der Waals surface area (Å²) in [5, 5.41) is 3.59. The Morgan fingerprint density at radius 2 is 2.12 bits per heavy atom. The van der Waals surface area contributed by atoms with Gasteiger partial charge in [0.15, 0.2) is 0 Å². The second-order valence-electron chi connectivity index (χ2n) is 6.52. The number of hydrogen-bond acceptors (Lipinski definition) is 5. The molecule has 1 aliphatic heterocycles. The van der Waals surface area contributed by atoms with Crippen LogP contribution in [-0.4, -0.2) is 47.0 Å². The fraction of sp³-hybridized carbons (Fsp3) is 0.500. The molecule has 0 aromatic carbocycles. The molecule has 126 valence electrons. The molecule has 3 heterocycles. The van der Waals surface area contributed by atoms with Crippen LogP contribution in [0.4, 0.5) is 0 Å². The van der Waals surface area contributed by atoms with Gasteiger partial charge in [-0.2, -0.15) is 0 Å². The third kappa shape index (κ3) is 2.96. The van der Waals surface area contributed by atoms with Gasteiger partial charge in [0.1, 0.15) is 5.01 Å². The fourth-order valence-electron chi connectivity index (χ4n) is 3.41. The lowest BCUT2D eigenvalue weighted by molar-refractivity contribution is 0.0963. The largest absolute Gasteiger partial charge is 0.355 e. The van der Waals surface area contributed by atoms with Crippen LogP contribution in [0.25, 0.3) is 10.7 Å². The molecule has 1 amide bonds. The van der Waals surface area contributed by atoms with Gasteiger partial charge >= 0.3 is 0 Å². The zero-order valence-corrected chi connectivity index (χ0v) is 14.7. The topological polar surface area (TPSA) is 58.1 Å². The molecule has 24 heavy (non-hydrogen) atoms. The minimum atomic E-state index is -0.111. The Kier molecular flexibility index (Phi) is 4.33. The number of nitrogens with one attached hydrogen (secondary N) is 1. The van der Waals surface area contributed by atoms with Gasteiger partial charge in [-0.1, -0.05) is 6.42 Å². The number of thiazole rings is 1. The second kappa shape index (κ2) is 6.61.